The molecule has 0 amide bonds. The maximum absolute atomic E-state index is 5.37. The lowest BCUT2D eigenvalue weighted by molar-refractivity contribution is 0.411. The average molecular weight is 457 g/mol. The molecule has 0 aliphatic heterocycles. The minimum absolute atomic E-state index is 0. The van der Waals surface area contributed by atoms with Crippen LogP contribution in [0.4, 0.5) is 0 Å². The second-order valence-electron chi connectivity index (χ2n) is 5.57. The van der Waals surface area contributed by atoms with Gasteiger partial charge in [0.25, 0.3) is 0 Å². The van der Waals surface area contributed by atoms with E-state index in [4.69, 9.17) is 9.15 Å². The van der Waals surface area contributed by atoms with E-state index in [9.17, 15) is 0 Å². The maximum Gasteiger partial charge on any atom is 0.191 e. The minimum atomic E-state index is 0. The third kappa shape index (κ3) is 7.37. The first-order valence-electron chi connectivity index (χ1n) is 8.41. The van der Waals surface area contributed by atoms with Gasteiger partial charge in [-0.3, -0.25) is 4.99 Å². The second kappa shape index (κ2) is 11.8. The molecular weight excluding hydrogens is 429 g/mol. The predicted molar refractivity (Wildman–Crippen MR) is 113 cm³/mol. The average Bonchev–Trinajstić information content (AvgIpc) is 3.09. The Bertz CT molecular complexity index is 642. The van der Waals surface area contributed by atoms with Crippen molar-refractivity contribution in [2.45, 2.75) is 26.7 Å². The number of nitrogens with one attached hydrogen (secondary N) is 2. The summed E-state index contributed by atoms with van der Waals surface area (Å²) in [4.78, 5) is 4.58. The molecule has 0 aliphatic carbocycles. The number of hydrogen-bond acceptors (Lipinski definition) is 3. The lowest BCUT2D eigenvalue weighted by atomic mass is 10.1. The quantitative estimate of drug-likeness (QED) is 0.362. The molecule has 6 heteroatoms. The Kier molecular flexibility index (Phi) is 10.1. The maximum atomic E-state index is 5.37. The van der Waals surface area contributed by atoms with E-state index in [1.807, 2.05) is 12.1 Å². The number of methoxy groups -OCH3 is 1. The molecule has 25 heavy (non-hydrogen) atoms. The van der Waals surface area contributed by atoms with Crippen molar-refractivity contribution in [2.75, 3.05) is 26.7 Å². The number of furan rings is 1. The highest BCUT2D eigenvalue weighted by molar-refractivity contribution is 14.0. The smallest absolute Gasteiger partial charge is 0.191 e. The Morgan fingerprint density at radius 2 is 2.04 bits per heavy atom. The van der Waals surface area contributed by atoms with Crippen LogP contribution in [0.2, 0.25) is 0 Å². The van der Waals surface area contributed by atoms with Gasteiger partial charge in [0.2, 0.25) is 0 Å². The fraction of sp³-hybridized carbons (Fsp3) is 0.421. The van der Waals surface area contributed by atoms with Gasteiger partial charge in [0.15, 0.2) is 5.96 Å². The minimum Gasteiger partial charge on any atom is -0.496 e. The number of rotatable bonds is 8. The highest BCUT2D eigenvalue weighted by atomic mass is 127. The molecule has 2 aromatic rings. The summed E-state index contributed by atoms with van der Waals surface area (Å²) in [6.07, 6.45) is 3.41. The third-order valence-electron chi connectivity index (χ3n) is 3.73. The normalized spacial score (nSPS) is 10.9. The van der Waals surface area contributed by atoms with Crippen LogP contribution in [0.15, 0.2) is 46.0 Å². The topological polar surface area (TPSA) is 58.8 Å². The van der Waals surface area contributed by atoms with Gasteiger partial charge in [0.05, 0.1) is 13.4 Å². The number of ether oxygens (including phenoxy) is 1. The van der Waals surface area contributed by atoms with E-state index < -0.39 is 0 Å². The summed E-state index contributed by atoms with van der Waals surface area (Å²) in [5, 5.41) is 6.63. The fourth-order valence-electron chi connectivity index (χ4n) is 2.42. The summed E-state index contributed by atoms with van der Waals surface area (Å²) in [6.45, 7) is 6.47. The summed E-state index contributed by atoms with van der Waals surface area (Å²) in [5.41, 5.74) is 2.40. The van der Waals surface area contributed by atoms with Crippen molar-refractivity contribution >= 4 is 29.9 Å². The van der Waals surface area contributed by atoms with E-state index >= 15 is 0 Å². The van der Waals surface area contributed by atoms with Gasteiger partial charge in [-0.2, -0.15) is 0 Å². The molecule has 1 aromatic carbocycles. The van der Waals surface area contributed by atoms with Crippen molar-refractivity contribution < 1.29 is 9.15 Å². The molecular formula is C19H28IN3O2. The molecule has 0 fully saturated rings. The number of aryl methyl sites for hydroxylation is 1. The van der Waals surface area contributed by atoms with E-state index in [0.29, 0.717) is 6.54 Å². The molecule has 0 spiro atoms. The van der Waals surface area contributed by atoms with Crippen LogP contribution in [0, 0.1) is 6.92 Å². The van der Waals surface area contributed by atoms with Crippen LogP contribution in [0.1, 0.15) is 23.8 Å². The zero-order valence-corrected chi connectivity index (χ0v) is 17.5. The fourth-order valence-corrected chi connectivity index (χ4v) is 2.42. The summed E-state index contributed by atoms with van der Waals surface area (Å²) < 4.78 is 10.7. The molecule has 1 heterocycles. The van der Waals surface area contributed by atoms with Crippen molar-refractivity contribution in [1.82, 2.24) is 10.6 Å². The highest BCUT2D eigenvalue weighted by Gasteiger charge is 2.02. The van der Waals surface area contributed by atoms with Crippen LogP contribution in [0.3, 0.4) is 0 Å². The standard InChI is InChI=1S/C19H27N3O2.HI/c1-4-20-19(22-12-10-17-6-5-13-24-17)21-11-9-16-8-7-15(2)18(14-16)23-3;/h5-8,13-14H,4,9-12H2,1-3H3,(H2,20,21,22);1H. The Balaban J connectivity index is 0.00000312. The first-order valence-corrected chi connectivity index (χ1v) is 8.41. The molecule has 0 aliphatic rings. The first-order chi connectivity index (χ1) is 11.7. The number of hydrogen-bond donors (Lipinski definition) is 2. The van der Waals surface area contributed by atoms with Crippen LogP contribution in [0.25, 0.3) is 0 Å². The SMILES string of the molecule is CCNC(=NCCc1ccco1)NCCc1ccc(C)c(OC)c1.I. The summed E-state index contributed by atoms with van der Waals surface area (Å²) in [7, 11) is 1.71. The van der Waals surface area contributed by atoms with Gasteiger partial charge in [0.1, 0.15) is 11.5 Å². The summed E-state index contributed by atoms with van der Waals surface area (Å²) in [6, 6.07) is 10.2. The zero-order chi connectivity index (χ0) is 17.2. The molecule has 1 aromatic heterocycles. The third-order valence-corrected chi connectivity index (χ3v) is 3.73. The van der Waals surface area contributed by atoms with E-state index in [1.54, 1.807) is 13.4 Å². The number of halogens is 1. The van der Waals surface area contributed by atoms with Gasteiger partial charge in [0, 0.05) is 26.1 Å². The summed E-state index contributed by atoms with van der Waals surface area (Å²) >= 11 is 0. The van der Waals surface area contributed by atoms with Gasteiger partial charge in [-0.1, -0.05) is 12.1 Å². The Hall–Kier alpha value is -1.70. The summed E-state index contributed by atoms with van der Waals surface area (Å²) in [5.74, 6) is 2.73. The number of benzene rings is 1. The zero-order valence-electron chi connectivity index (χ0n) is 15.2. The largest absolute Gasteiger partial charge is 0.496 e. The molecule has 0 atom stereocenters. The van der Waals surface area contributed by atoms with E-state index in [-0.39, 0.29) is 24.0 Å². The highest BCUT2D eigenvalue weighted by Crippen LogP contribution is 2.18. The molecule has 0 saturated heterocycles. The molecule has 0 radical (unpaired) electrons. The van der Waals surface area contributed by atoms with E-state index in [2.05, 4.69) is 47.7 Å². The monoisotopic (exact) mass is 457 g/mol. The van der Waals surface area contributed by atoms with E-state index in [0.717, 1.165) is 49.0 Å². The molecule has 5 nitrogen and oxygen atoms in total. The van der Waals surface area contributed by atoms with Crippen molar-refractivity contribution in [3.05, 3.63) is 53.5 Å². The Labute approximate surface area is 167 Å². The van der Waals surface area contributed by atoms with Crippen molar-refractivity contribution in [3.8, 4) is 5.75 Å². The Morgan fingerprint density at radius 3 is 2.72 bits per heavy atom. The van der Waals surface area contributed by atoms with Crippen molar-refractivity contribution in [3.63, 3.8) is 0 Å². The predicted octanol–water partition coefficient (Wildman–Crippen LogP) is 3.55. The molecule has 138 valence electrons. The molecule has 0 saturated carbocycles. The Morgan fingerprint density at radius 1 is 1.20 bits per heavy atom. The number of guanidine groups is 1. The van der Waals surface area contributed by atoms with Gasteiger partial charge in [-0.15, -0.1) is 24.0 Å². The lowest BCUT2D eigenvalue weighted by Crippen LogP contribution is -2.38. The second-order valence-corrected chi connectivity index (χ2v) is 5.57. The van der Waals surface area contributed by atoms with Crippen molar-refractivity contribution in [2.24, 2.45) is 4.99 Å². The van der Waals surface area contributed by atoms with Gasteiger partial charge in [-0.05, 0) is 49.6 Å². The van der Waals surface area contributed by atoms with Gasteiger partial charge < -0.3 is 19.8 Å². The molecule has 2 rings (SSSR count). The van der Waals surface area contributed by atoms with Crippen LogP contribution >= 0.6 is 24.0 Å². The molecule has 2 N–H and O–H groups in total. The van der Waals surface area contributed by atoms with Crippen molar-refractivity contribution in [1.29, 1.82) is 0 Å². The van der Waals surface area contributed by atoms with E-state index in [1.165, 1.54) is 5.56 Å². The van der Waals surface area contributed by atoms with Gasteiger partial charge >= 0.3 is 0 Å². The van der Waals surface area contributed by atoms with Crippen LogP contribution < -0.4 is 15.4 Å². The molecule has 0 bridgehead atoms. The van der Waals surface area contributed by atoms with Crippen LogP contribution in [-0.2, 0) is 12.8 Å². The van der Waals surface area contributed by atoms with Crippen LogP contribution in [0.5, 0.6) is 5.75 Å². The number of aliphatic imine (C=N–C) groups is 1. The van der Waals surface area contributed by atoms with Crippen LogP contribution in [-0.4, -0.2) is 32.7 Å². The molecule has 0 unspecified atom stereocenters. The lowest BCUT2D eigenvalue weighted by Gasteiger charge is -2.12. The number of nitrogens with zero attached hydrogens (tertiary/aromatic N) is 1. The van der Waals surface area contributed by atoms with Gasteiger partial charge in [-0.25, -0.2) is 0 Å². The first kappa shape index (κ1) is 21.3.